The molecule has 1 saturated carbocycles. The summed E-state index contributed by atoms with van der Waals surface area (Å²) in [6.07, 6.45) is 8.96. The summed E-state index contributed by atoms with van der Waals surface area (Å²) in [6, 6.07) is -0.191. The van der Waals surface area contributed by atoms with E-state index in [1.54, 1.807) is 6.08 Å². The number of carbonyl (C=O) groups is 1. The van der Waals surface area contributed by atoms with E-state index in [-0.39, 0.29) is 12.0 Å². The van der Waals surface area contributed by atoms with Crippen LogP contribution in [0.25, 0.3) is 0 Å². The van der Waals surface area contributed by atoms with Gasteiger partial charge in [-0.2, -0.15) is 0 Å². The standard InChI is InChI=1S/C10H13NO2/c11-10-4-3-9(5-7(10)6-12)13-8-1-2-8/h3-8,10H,1-2,11H2. The molecule has 2 rings (SSSR count). The summed E-state index contributed by atoms with van der Waals surface area (Å²) in [6.45, 7) is 0. The first-order chi connectivity index (χ1) is 6.29. The van der Waals surface area contributed by atoms with Gasteiger partial charge in [0.1, 0.15) is 12.0 Å². The zero-order valence-corrected chi connectivity index (χ0v) is 7.35. The van der Waals surface area contributed by atoms with E-state index >= 15 is 0 Å². The van der Waals surface area contributed by atoms with Gasteiger partial charge in [0.25, 0.3) is 0 Å². The van der Waals surface area contributed by atoms with E-state index in [1.807, 2.05) is 12.2 Å². The van der Waals surface area contributed by atoms with Crippen molar-refractivity contribution in [1.82, 2.24) is 0 Å². The molecule has 1 fully saturated rings. The highest BCUT2D eigenvalue weighted by Gasteiger charge is 2.25. The van der Waals surface area contributed by atoms with E-state index in [0.29, 0.717) is 6.10 Å². The molecule has 0 aromatic heterocycles. The third-order valence-corrected chi connectivity index (χ3v) is 2.27. The molecule has 0 amide bonds. The molecule has 3 heteroatoms. The smallest absolute Gasteiger partial charge is 0.128 e. The maximum atomic E-state index is 10.6. The van der Waals surface area contributed by atoms with Gasteiger partial charge in [-0.1, -0.05) is 6.08 Å². The molecule has 2 aliphatic carbocycles. The predicted octanol–water partition coefficient (Wildman–Crippen LogP) is 0.761. The average Bonchev–Trinajstić information content (AvgIpc) is 2.92. The number of ether oxygens (including phenoxy) is 1. The largest absolute Gasteiger partial charge is 0.491 e. The molecule has 2 unspecified atom stereocenters. The molecule has 0 spiro atoms. The molecule has 0 aliphatic heterocycles. The third kappa shape index (κ3) is 1.98. The lowest BCUT2D eigenvalue weighted by Crippen LogP contribution is -2.29. The monoisotopic (exact) mass is 179 g/mol. The number of nitrogens with two attached hydrogens (primary N) is 1. The summed E-state index contributed by atoms with van der Waals surface area (Å²) in [4.78, 5) is 10.6. The molecule has 70 valence electrons. The van der Waals surface area contributed by atoms with Crippen LogP contribution >= 0.6 is 0 Å². The lowest BCUT2D eigenvalue weighted by atomic mass is 9.97. The molecule has 0 aromatic rings. The van der Waals surface area contributed by atoms with Gasteiger partial charge in [0.15, 0.2) is 0 Å². The lowest BCUT2D eigenvalue weighted by Gasteiger charge is -2.18. The van der Waals surface area contributed by atoms with Crippen LogP contribution < -0.4 is 5.73 Å². The van der Waals surface area contributed by atoms with Crippen molar-refractivity contribution in [3.05, 3.63) is 24.0 Å². The van der Waals surface area contributed by atoms with E-state index in [2.05, 4.69) is 0 Å². The van der Waals surface area contributed by atoms with Gasteiger partial charge in [0, 0.05) is 6.04 Å². The van der Waals surface area contributed by atoms with Gasteiger partial charge in [0.2, 0.25) is 0 Å². The Morgan fingerprint density at radius 1 is 1.54 bits per heavy atom. The van der Waals surface area contributed by atoms with Gasteiger partial charge < -0.3 is 15.3 Å². The van der Waals surface area contributed by atoms with Crippen LogP contribution in [0.5, 0.6) is 0 Å². The van der Waals surface area contributed by atoms with Crippen LogP contribution in [-0.4, -0.2) is 18.4 Å². The van der Waals surface area contributed by atoms with E-state index < -0.39 is 0 Å². The molecule has 3 nitrogen and oxygen atoms in total. The van der Waals surface area contributed by atoms with Crippen molar-refractivity contribution < 1.29 is 9.53 Å². The summed E-state index contributed by atoms with van der Waals surface area (Å²) in [5.74, 6) is 0.569. The fourth-order valence-electron chi connectivity index (χ4n) is 1.28. The molecule has 0 heterocycles. The number of carbonyl (C=O) groups excluding carboxylic acids is 1. The van der Waals surface area contributed by atoms with E-state index in [9.17, 15) is 4.79 Å². The molecular formula is C10H13NO2. The first-order valence-electron chi connectivity index (χ1n) is 4.57. The van der Waals surface area contributed by atoms with Crippen LogP contribution in [0.15, 0.2) is 24.0 Å². The normalized spacial score (nSPS) is 32.5. The first kappa shape index (κ1) is 8.51. The van der Waals surface area contributed by atoms with Gasteiger partial charge in [-0.25, -0.2) is 0 Å². The summed E-state index contributed by atoms with van der Waals surface area (Å²) in [5, 5.41) is 0. The van der Waals surface area contributed by atoms with Gasteiger partial charge in [-0.05, 0) is 25.0 Å². The molecular weight excluding hydrogens is 166 g/mol. The maximum absolute atomic E-state index is 10.6. The lowest BCUT2D eigenvalue weighted by molar-refractivity contribution is -0.110. The second-order valence-corrected chi connectivity index (χ2v) is 3.54. The van der Waals surface area contributed by atoms with E-state index in [0.717, 1.165) is 24.9 Å². The van der Waals surface area contributed by atoms with Gasteiger partial charge in [-0.3, -0.25) is 0 Å². The highest BCUT2D eigenvalue weighted by molar-refractivity contribution is 5.60. The number of hydrogen-bond acceptors (Lipinski definition) is 3. The van der Waals surface area contributed by atoms with Crippen molar-refractivity contribution in [2.24, 2.45) is 11.7 Å². The van der Waals surface area contributed by atoms with Crippen LogP contribution in [-0.2, 0) is 9.53 Å². The van der Waals surface area contributed by atoms with Gasteiger partial charge >= 0.3 is 0 Å². The van der Waals surface area contributed by atoms with Crippen LogP contribution in [0.3, 0.4) is 0 Å². The molecule has 2 N–H and O–H groups in total. The van der Waals surface area contributed by atoms with Gasteiger partial charge in [0.05, 0.1) is 12.0 Å². The third-order valence-electron chi connectivity index (χ3n) is 2.27. The zero-order valence-electron chi connectivity index (χ0n) is 7.35. The average molecular weight is 179 g/mol. The Morgan fingerprint density at radius 2 is 2.31 bits per heavy atom. The molecule has 0 aromatic carbocycles. The Balaban J connectivity index is 2.01. The summed E-state index contributed by atoms with van der Waals surface area (Å²) in [5.41, 5.74) is 5.68. The minimum atomic E-state index is -0.223. The first-order valence-corrected chi connectivity index (χ1v) is 4.57. The highest BCUT2D eigenvalue weighted by atomic mass is 16.5. The quantitative estimate of drug-likeness (QED) is 0.651. The van der Waals surface area contributed by atoms with E-state index in [4.69, 9.17) is 10.5 Å². The number of allylic oxidation sites excluding steroid dienone is 1. The maximum Gasteiger partial charge on any atom is 0.128 e. The summed E-state index contributed by atoms with van der Waals surface area (Å²) < 4.78 is 5.54. The van der Waals surface area contributed by atoms with Crippen molar-refractivity contribution >= 4 is 6.29 Å². The minimum Gasteiger partial charge on any atom is -0.491 e. The molecule has 2 atom stereocenters. The second kappa shape index (κ2) is 3.34. The molecule has 0 saturated heterocycles. The Kier molecular flexibility index (Phi) is 2.19. The van der Waals surface area contributed by atoms with Crippen molar-refractivity contribution in [2.75, 3.05) is 0 Å². The SMILES string of the molecule is NC1C=CC(OC2CC2)=CC1C=O. The number of rotatable bonds is 3. The molecule has 0 bridgehead atoms. The Bertz CT molecular complexity index is 266. The fourth-order valence-corrected chi connectivity index (χ4v) is 1.28. The van der Waals surface area contributed by atoms with Crippen molar-refractivity contribution in [3.63, 3.8) is 0 Å². The van der Waals surface area contributed by atoms with Crippen LogP contribution in [0.1, 0.15) is 12.8 Å². The van der Waals surface area contributed by atoms with Crippen molar-refractivity contribution in [2.45, 2.75) is 25.0 Å². The van der Waals surface area contributed by atoms with Crippen LogP contribution in [0, 0.1) is 5.92 Å². The molecule has 0 radical (unpaired) electrons. The topological polar surface area (TPSA) is 52.3 Å². The Labute approximate surface area is 77.2 Å². The predicted molar refractivity (Wildman–Crippen MR) is 48.9 cm³/mol. The van der Waals surface area contributed by atoms with Crippen molar-refractivity contribution in [1.29, 1.82) is 0 Å². The summed E-state index contributed by atoms with van der Waals surface area (Å²) in [7, 11) is 0. The van der Waals surface area contributed by atoms with Gasteiger partial charge in [-0.15, -0.1) is 0 Å². The van der Waals surface area contributed by atoms with Crippen molar-refractivity contribution in [3.8, 4) is 0 Å². The Hall–Kier alpha value is -1.09. The highest BCUT2D eigenvalue weighted by Crippen LogP contribution is 2.28. The number of hydrogen-bond donors (Lipinski definition) is 1. The Morgan fingerprint density at radius 3 is 2.92 bits per heavy atom. The zero-order chi connectivity index (χ0) is 9.26. The number of aldehydes is 1. The molecule has 2 aliphatic rings. The van der Waals surface area contributed by atoms with E-state index in [1.165, 1.54) is 0 Å². The fraction of sp³-hybridized carbons (Fsp3) is 0.500. The minimum absolute atomic E-state index is 0.191. The summed E-state index contributed by atoms with van der Waals surface area (Å²) >= 11 is 0. The molecule has 13 heavy (non-hydrogen) atoms. The second-order valence-electron chi connectivity index (χ2n) is 3.54. The van der Waals surface area contributed by atoms with Crippen LogP contribution in [0.2, 0.25) is 0 Å². The van der Waals surface area contributed by atoms with Crippen LogP contribution in [0.4, 0.5) is 0 Å².